The van der Waals surface area contributed by atoms with E-state index in [1.165, 1.54) is 0 Å². The van der Waals surface area contributed by atoms with E-state index >= 15 is 0 Å². The van der Waals surface area contributed by atoms with Gasteiger partial charge in [0.15, 0.2) is 5.13 Å². The Morgan fingerprint density at radius 1 is 1.37 bits per heavy atom. The van der Waals surface area contributed by atoms with Crippen molar-refractivity contribution >= 4 is 27.8 Å². The van der Waals surface area contributed by atoms with Crippen LogP contribution in [0.1, 0.15) is 24.5 Å². The van der Waals surface area contributed by atoms with Gasteiger partial charge in [0.05, 0.1) is 22.9 Å². The third kappa shape index (κ3) is 3.75. The Labute approximate surface area is 121 Å². The molecule has 6 heteroatoms. The van der Waals surface area contributed by atoms with Gasteiger partial charge in [0, 0.05) is 19.0 Å². The lowest BCUT2D eigenvalue weighted by Crippen LogP contribution is -2.07. The van der Waals surface area contributed by atoms with Crippen molar-refractivity contribution in [2.24, 2.45) is 5.92 Å². The molecule has 0 radical (unpaired) electrons. The van der Waals surface area contributed by atoms with Crippen molar-refractivity contribution in [1.82, 2.24) is 9.97 Å². The molecule has 0 aliphatic heterocycles. The van der Waals surface area contributed by atoms with Crippen LogP contribution in [0.3, 0.4) is 0 Å². The normalized spacial score (nSPS) is 11.2. The van der Waals surface area contributed by atoms with Crippen LogP contribution in [0, 0.1) is 12.8 Å². The maximum atomic E-state index is 5.12. The highest BCUT2D eigenvalue weighted by Crippen LogP contribution is 2.32. The third-order valence-electron chi connectivity index (χ3n) is 2.51. The molecule has 0 aliphatic rings. The average molecular weight is 297 g/mol. The zero-order chi connectivity index (χ0) is 13.8. The fourth-order valence-corrected chi connectivity index (χ4v) is 3.41. The number of hydrogen-bond donors (Lipinski definition) is 1. The SMILES string of the molecule is COCc1nc(C)c(-c2csc(NCC(C)C)n2)s1. The Balaban J connectivity index is 2.13. The maximum Gasteiger partial charge on any atom is 0.183 e. The van der Waals surface area contributed by atoms with Gasteiger partial charge in [-0.2, -0.15) is 0 Å². The summed E-state index contributed by atoms with van der Waals surface area (Å²) in [6, 6.07) is 0. The smallest absolute Gasteiger partial charge is 0.183 e. The van der Waals surface area contributed by atoms with E-state index in [9.17, 15) is 0 Å². The Bertz CT molecular complexity index is 534. The van der Waals surface area contributed by atoms with E-state index in [4.69, 9.17) is 4.74 Å². The van der Waals surface area contributed by atoms with E-state index in [2.05, 4.69) is 34.5 Å². The predicted molar refractivity (Wildman–Crippen MR) is 82.0 cm³/mol. The van der Waals surface area contributed by atoms with Crippen LogP contribution in [-0.4, -0.2) is 23.6 Å². The molecule has 2 aromatic heterocycles. The highest BCUT2D eigenvalue weighted by Gasteiger charge is 2.13. The number of anilines is 1. The molecular formula is C13H19N3OS2. The lowest BCUT2D eigenvalue weighted by Gasteiger charge is -2.04. The molecule has 0 aromatic carbocycles. The first-order valence-electron chi connectivity index (χ1n) is 6.25. The topological polar surface area (TPSA) is 47.0 Å². The molecule has 0 atom stereocenters. The maximum absolute atomic E-state index is 5.12. The first-order valence-corrected chi connectivity index (χ1v) is 7.94. The molecule has 2 heterocycles. The standard InChI is InChI=1S/C13H19N3OS2/c1-8(2)5-14-13-16-10(7-18-13)12-9(3)15-11(19-12)6-17-4/h7-8H,5-6H2,1-4H3,(H,14,16). The number of nitrogens with zero attached hydrogens (tertiary/aromatic N) is 2. The highest BCUT2D eigenvalue weighted by molar-refractivity contribution is 7.16. The van der Waals surface area contributed by atoms with Gasteiger partial charge in [-0.1, -0.05) is 13.8 Å². The lowest BCUT2D eigenvalue weighted by molar-refractivity contribution is 0.184. The highest BCUT2D eigenvalue weighted by atomic mass is 32.1. The predicted octanol–water partition coefficient (Wildman–Crippen LogP) is 3.79. The van der Waals surface area contributed by atoms with Gasteiger partial charge in [-0.25, -0.2) is 9.97 Å². The summed E-state index contributed by atoms with van der Waals surface area (Å²) in [6.45, 7) is 7.90. The van der Waals surface area contributed by atoms with Crippen LogP contribution in [0.15, 0.2) is 5.38 Å². The number of rotatable bonds is 6. The largest absolute Gasteiger partial charge is 0.378 e. The number of thiazole rings is 2. The fraction of sp³-hybridized carbons (Fsp3) is 0.538. The van der Waals surface area contributed by atoms with E-state index in [-0.39, 0.29) is 0 Å². The summed E-state index contributed by atoms with van der Waals surface area (Å²) in [5.74, 6) is 0.616. The van der Waals surface area contributed by atoms with Crippen molar-refractivity contribution in [1.29, 1.82) is 0 Å². The molecule has 2 aromatic rings. The molecular weight excluding hydrogens is 278 g/mol. The Kier molecular flexibility index (Phi) is 4.90. The summed E-state index contributed by atoms with van der Waals surface area (Å²) in [5.41, 5.74) is 2.03. The Hall–Kier alpha value is -0.980. The monoisotopic (exact) mass is 297 g/mol. The summed E-state index contributed by atoms with van der Waals surface area (Å²) < 4.78 is 5.12. The molecule has 104 valence electrons. The third-order valence-corrected chi connectivity index (χ3v) is 4.46. The number of nitrogens with one attached hydrogen (secondary N) is 1. The van der Waals surface area contributed by atoms with Gasteiger partial charge in [-0.15, -0.1) is 22.7 Å². The van der Waals surface area contributed by atoms with Gasteiger partial charge in [0.1, 0.15) is 5.01 Å². The summed E-state index contributed by atoms with van der Waals surface area (Å²) in [4.78, 5) is 10.3. The van der Waals surface area contributed by atoms with Gasteiger partial charge < -0.3 is 10.1 Å². The molecule has 0 amide bonds. The number of methoxy groups -OCH3 is 1. The van der Waals surface area contributed by atoms with Crippen LogP contribution >= 0.6 is 22.7 Å². The minimum Gasteiger partial charge on any atom is -0.378 e. The lowest BCUT2D eigenvalue weighted by atomic mass is 10.2. The van der Waals surface area contributed by atoms with Crippen LogP contribution in [0.25, 0.3) is 10.6 Å². The minimum absolute atomic E-state index is 0.564. The quantitative estimate of drug-likeness (QED) is 0.881. The van der Waals surface area contributed by atoms with Crippen molar-refractivity contribution in [3.8, 4) is 10.6 Å². The van der Waals surface area contributed by atoms with E-state index in [1.54, 1.807) is 29.8 Å². The molecule has 0 unspecified atom stereocenters. The summed E-state index contributed by atoms with van der Waals surface area (Å²) in [7, 11) is 1.69. The first-order chi connectivity index (χ1) is 9.10. The van der Waals surface area contributed by atoms with Gasteiger partial charge in [0.2, 0.25) is 0 Å². The van der Waals surface area contributed by atoms with Crippen molar-refractivity contribution in [2.75, 3.05) is 19.0 Å². The second-order valence-electron chi connectivity index (χ2n) is 4.77. The van der Waals surface area contributed by atoms with Crippen molar-refractivity contribution in [3.05, 3.63) is 16.1 Å². The Morgan fingerprint density at radius 3 is 2.84 bits per heavy atom. The van der Waals surface area contributed by atoms with E-state index in [0.29, 0.717) is 12.5 Å². The minimum atomic E-state index is 0.564. The van der Waals surface area contributed by atoms with Crippen molar-refractivity contribution in [3.63, 3.8) is 0 Å². The molecule has 2 rings (SSSR count). The number of hydrogen-bond acceptors (Lipinski definition) is 6. The molecule has 1 N–H and O–H groups in total. The molecule has 4 nitrogen and oxygen atoms in total. The number of ether oxygens (including phenoxy) is 1. The van der Waals surface area contributed by atoms with Crippen LogP contribution in [0.4, 0.5) is 5.13 Å². The van der Waals surface area contributed by atoms with Crippen LogP contribution in [-0.2, 0) is 11.3 Å². The van der Waals surface area contributed by atoms with Gasteiger partial charge in [-0.05, 0) is 12.8 Å². The number of aryl methyl sites for hydroxylation is 1. The molecule has 0 bridgehead atoms. The van der Waals surface area contributed by atoms with Crippen LogP contribution < -0.4 is 5.32 Å². The molecule has 19 heavy (non-hydrogen) atoms. The number of aromatic nitrogens is 2. The van der Waals surface area contributed by atoms with E-state index in [1.807, 2.05) is 6.92 Å². The summed E-state index contributed by atoms with van der Waals surface area (Å²) in [5, 5.41) is 7.41. The first kappa shape index (κ1) is 14.4. The second kappa shape index (κ2) is 6.45. The molecule has 0 saturated carbocycles. The summed E-state index contributed by atoms with van der Waals surface area (Å²) in [6.07, 6.45) is 0. The zero-order valence-corrected chi connectivity index (χ0v) is 13.3. The molecule has 0 fully saturated rings. The fourth-order valence-electron chi connectivity index (χ4n) is 1.63. The van der Waals surface area contributed by atoms with Gasteiger partial charge in [0.25, 0.3) is 0 Å². The van der Waals surface area contributed by atoms with Crippen LogP contribution in [0.2, 0.25) is 0 Å². The van der Waals surface area contributed by atoms with Crippen molar-refractivity contribution in [2.45, 2.75) is 27.4 Å². The summed E-state index contributed by atoms with van der Waals surface area (Å²) >= 11 is 3.30. The second-order valence-corrected chi connectivity index (χ2v) is 6.71. The molecule has 0 aliphatic carbocycles. The average Bonchev–Trinajstić information content (AvgIpc) is 2.94. The molecule has 0 spiro atoms. The van der Waals surface area contributed by atoms with Crippen LogP contribution in [0.5, 0.6) is 0 Å². The van der Waals surface area contributed by atoms with Crippen molar-refractivity contribution < 1.29 is 4.74 Å². The van der Waals surface area contributed by atoms with Gasteiger partial charge >= 0.3 is 0 Å². The van der Waals surface area contributed by atoms with E-state index in [0.717, 1.165) is 32.9 Å². The van der Waals surface area contributed by atoms with Gasteiger partial charge in [-0.3, -0.25) is 0 Å². The molecule has 0 saturated heterocycles. The zero-order valence-electron chi connectivity index (χ0n) is 11.7. The Morgan fingerprint density at radius 2 is 2.16 bits per heavy atom. The van der Waals surface area contributed by atoms with E-state index < -0.39 is 0 Å².